The Morgan fingerprint density at radius 2 is 1.15 bits per heavy atom. The van der Waals surface area contributed by atoms with Crippen molar-refractivity contribution in [2.24, 2.45) is 0 Å². The Hall–Kier alpha value is -1.94. The molecular weight excluding hydrogens is 529 g/mol. The van der Waals surface area contributed by atoms with Crippen molar-refractivity contribution in [3.63, 3.8) is 0 Å². The predicted octanol–water partition coefficient (Wildman–Crippen LogP) is -1.69. The van der Waals surface area contributed by atoms with E-state index in [0.717, 1.165) is 48.5 Å². The number of hydrogen-bond acceptors (Lipinski definition) is 6. The van der Waals surface area contributed by atoms with Gasteiger partial charge in [0.05, 0.1) is 0 Å². The summed E-state index contributed by atoms with van der Waals surface area (Å²) in [6.45, 7) is 0. The third kappa shape index (κ3) is 6.75. The van der Waals surface area contributed by atoms with Crippen molar-refractivity contribution in [1.82, 2.24) is 0 Å². The van der Waals surface area contributed by atoms with E-state index in [4.69, 9.17) is 15.0 Å². The predicted molar refractivity (Wildman–Crippen MR) is 87.2 cm³/mol. The van der Waals surface area contributed by atoms with Gasteiger partial charge in [0.2, 0.25) is 0 Å². The molecule has 4 N–H and O–H groups in total. The molecular formula is C12H12AsN2O10Sb. The van der Waals surface area contributed by atoms with E-state index < -0.39 is 43.7 Å². The molecule has 0 saturated heterocycles. The molecule has 0 aliphatic rings. The molecule has 26 heavy (non-hydrogen) atoms. The first-order valence-electron chi connectivity index (χ1n) is 6.43. The molecule has 0 bridgehead atoms. The van der Waals surface area contributed by atoms with E-state index in [0.29, 0.717) is 0 Å². The summed E-state index contributed by atoms with van der Waals surface area (Å²) in [6, 6.07) is 8.57. The molecule has 0 amide bonds. The zero-order valence-electron chi connectivity index (χ0n) is 12.6. The second-order valence-electron chi connectivity index (χ2n) is 4.64. The fourth-order valence-corrected chi connectivity index (χ4v) is 4.20. The number of nitro groups is 2. The Balaban J connectivity index is 0.000000260. The van der Waals surface area contributed by atoms with Gasteiger partial charge in [-0.2, -0.15) is 0 Å². The van der Waals surface area contributed by atoms with Crippen molar-refractivity contribution in [3.8, 4) is 0 Å². The van der Waals surface area contributed by atoms with Gasteiger partial charge in [0.15, 0.2) is 0 Å². The van der Waals surface area contributed by atoms with E-state index in [-0.39, 0.29) is 19.2 Å². The van der Waals surface area contributed by atoms with Crippen molar-refractivity contribution >= 4 is 53.0 Å². The molecule has 0 radical (unpaired) electrons. The molecule has 14 heteroatoms. The minimum atomic E-state index is -5.16. The average molecular weight is 541 g/mol. The van der Waals surface area contributed by atoms with E-state index in [9.17, 15) is 27.0 Å². The number of non-ortho nitro benzene ring substituents is 2. The number of nitro benzene ring substituents is 2. The summed E-state index contributed by atoms with van der Waals surface area (Å²) < 4.78 is 56.1. The van der Waals surface area contributed by atoms with Crippen molar-refractivity contribution in [3.05, 3.63) is 68.8 Å². The molecule has 0 aliphatic carbocycles. The molecule has 0 spiro atoms. The second kappa shape index (κ2) is 8.63. The standard InChI is InChI=1S/C6H6AsNO5.C6H4NO2.2H2O.O.Sb/c9-7(10,11)5-1-3-6(4-2-5)8(12)13;8-7(9)6-4-2-1-3-5-6;;;;/h1-4H,(H2,9,10,11);2-5H;2*1H2;;/q;;;;;+2/p-2. The van der Waals surface area contributed by atoms with Gasteiger partial charge in [0.25, 0.3) is 0 Å². The quantitative estimate of drug-likeness (QED) is 0.197. The van der Waals surface area contributed by atoms with Gasteiger partial charge in [-0.15, -0.1) is 0 Å². The number of nitrogens with zero attached hydrogens (tertiary/aromatic N) is 2. The summed E-state index contributed by atoms with van der Waals surface area (Å²) >= 11 is -10.1. The third-order valence-electron chi connectivity index (χ3n) is 2.79. The topological polar surface area (TPSA) is 201 Å². The van der Waals surface area contributed by atoms with E-state index in [1.165, 1.54) is 0 Å². The number of rotatable bonds is 4. The third-order valence-corrected chi connectivity index (χ3v) is 7.60. The average Bonchev–Trinajstić information content (AvgIpc) is 2.54. The monoisotopic (exact) mass is 540 g/mol. The van der Waals surface area contributed by atoms with Crippen LogP contribution in [0.25, 0.3) is 0 Å². The molecule has 0 heterocycles. The van der Waals surface area contributed by atoms with Crippen molar-refractivity contribution in [2.45, 2.75) is 0 Å². The molecule has 0 aromatic heterocycles. The normalized spacial score (nSPS) is 11.2. The molecule has 140 valence electrons. The maximum absolute atomic E-state index is 10.7. The number of hydrogen-bond donors (Lipinski definition) is 4. The van der Waals surface area contributed by atoms with Crippen LogP contribution in [-0.4, -0.2) is 58.6 Å². The minimum absolute atomic E-state index is 0.135. The maximum atomic E-state index is 10.7. The summed E-state index contributed by atoms with van der Waals surface area (Å²) in [7, 11) is 0. The molecule has 0 fully saturated rings. The molecule has 0 aliphatic heterocycles. The van der Waals surface area contributed by atoms with E-state index in [2.05, 4.69) is 0 Å². The SMILES string of the molecule is O=[N+]([O-])c1cc[c]([Sb](=[O])([OH])[OH])cc1.O=[N+]([O-])c1ccc([As](=O)(O)O)cc1. The Bertz CT molecular complexity index is 812. The van der Waals surface area contributed by atoms with Crippen LogP contribution in [0.1, 0.15) is 0 Å². The Labute approximate surface area is 153 Å². The molecule has 2 aromatic rings. The summed E-state index contributed by atoms with van der Waals surface area (Å²) in [6.07, 6.45) is 0. The fourth-order valence-electron chi connectivity index (χ4n) is 1.54. The molecule has 0 saturated carbocycles. The van der Waals surface area contributed by atoms with Gasteiger partial charge < -0.3 is 0 Å². The first-order chi connectivity index (χ1) is 11.8. The van der Waals surface area contributed by atoms with Crippen LogP contribution in [0.4, 0.5) is 11.4 Å². The van der Waals surface area contributed by atoms with Crippen molar-refractivity contribution in [2.75, 3.05) is 0 Å². The van der Waals surface area contributed by atoms with Gasteiger partial charge in [-0.3, -0.25) is 0 Å². The zero-order valence-corrected chi connectivity index (χ0v) is 17.1. The van der Waals surface area contributed by atoms with Crippen molar-refractivity contribution < 1.29 is 31.6 Å². The van der Waals surface area contributed by atoms with Crippen LogP contribution < -0.4 is 7.86 Å². The summed E-state index contributed by atoms with van der Waals surface area (Å²) in [5, 5.41) is 20.4. The molecule has 0 unspecified atom stereocenters. The van der Waals surface area contributed by atoms with Crippen LogP contribution in [0.5, 0.6) is 0 Å². The van der Waals surface area contributed by atoms with Crippen LogP contribution in [0.3, 0.4) is 0 Å². The van der Waals surface area contributed by atoms with Gasteiger partial charge >= 0.3 is 153 Å². The first-order valence-corrected chi connectivity index (χ1v) is 14.4. The fraction of sp³-hybridized carbons (Fsp3) is 0. The second-order valence-corrected chi connectivity index (χ2v) is 12.6. The Morgan fingerprint density at radius 1 is 0.808 bits per heavy atom. The van der Waals surface area contributed by atoms with Gasteiger partial charge in [0, 0.05) is 0 Å². The first kappa shape index (κ1) is 22.1. The molecule has 12 nitrogen and oxygen atoms in total. The van der Waals surface area contributed by atoms with Crippen molar-refractivity contribution in [1.29, 1.82) is 0 Å². The van der Waals surface area contributed by atoms with Crippen LogP contribution in [0.2, 0.25) is 0 Å². The molecule has 0 atom stereocenters. The summed E-state index contributed by atoms with van der Waals surface area (Å²) in [5.74, 6) is 0. The molecule has 2 rings (SSSR count). The van der Waals surface area contributed by atoms with E-state index in [1.807, 2.05) is 0 Å². The van der Waals surface area contributed by atoms with Crippen LogP contribution in [-0.2, 0) is 6.76 Å². The summed E-state index contributed by atoms with van der Waals surface area (Å²) in [5.41, 5.74) is -0.370. The Morgan fingerprint density at radius 3 is 1.42 bits per heavy atom. The van der Waals surface area contributed by atoms with Crippen LogP contribution in [0.15, 0.2) is 48.5 Å². The molecule has 2 aromatic carbocycles. The van der Waals surface area contributed by atoms with E-state index in [1.54, 1.807) is 0 Å². The van der Waals surface area contributed by atoms with Gasteiger partial charge in [-0.1, -0.05) is 0 Å². The van der Waals surface area contributed by atoms with Gasteiger partial charge in [-0.05, 0) is 0 Å². The van der Waals surface area contributed by atoms with Gasteiger partial charge in [0.1, 0.15) is 0 Å². The van der Waals surface area contributed by atoms with Gasteiger partial charge in [-0.25, -0.2) is 0 Å². The number of benzene rings is 2. The van der Waals surface area contributed by atoms with Crippen LogP contribution >= 0.6 is 0 Å². The van der Waals surface area contributed by atoms with Crippen LogP contribution in [0, 0.1) is 20.2 Å². The Kier molecular flexibility index (Phi) is 7.33. The summed E-state index contributed by atoms with van der Waals surface area (Å²) in [4.78, 5) is 19.1. The zero-order chi connectivity index (χ0) is 20.1. The van der Waals surface area contributed by atoms with E-state index >= 15 is 0 Å².